The van der Waals surface area contributed by atoms with Crippen LogP contribution in [0.25, 0.3) is 0 Å². The van der Waals surface area contributed by atoms with E-state index in [1.165, 1.54) is 5.56 Å². The fourth-order valence-corrected chi connectivity index (χ4v) is 2.48. The van der Waals surface area contributed by atoms with Gasteiger partial charge in [-0.25, -0.2) is 4.98 Å². The molecule has 0 atom stereocenters. The second kappa shape index (κ2) is 8.19. The Morgan fingerprint density at radius 2 is 2.00 bits per heavy atom. The van der Waals surface area contributed by atoms with Crippen molar-refractivity contribution in [2.24, 2.45) is 0 Å². The number of nitrogens with one attached hydrogen (secondary N) is 2. The van der Waals surface area contributed by atoms with Crippen LogP contribution in [0.5, 0.6) is 5.75 Å². The Morgan fingerprint density at radius 3 is 2.80 bits per heavy atom. The molecule has 130 valence electrons. The highest BCUT2D eigenvalue weighted by atomic mass is 16.5. The molecular formula is C19H22N4O2. The van der Waals surface area contributed by atoms with Gasteiger partial charge >= 0.3 is 0 Å². The second-order valence-electron chi connectivity index (χ2n) is 5.68. The summed E-state index contributed by atoms with van der Waals surface area (Å²) in [5.74, 6) is 3.12. The van der Waals surface area contributed by atoms with Crippen molar-refractivity contribution in [2.45, 2.75) is 19.9 Å². The third-order valence-electron chi connectivity index (χ3n) is 3.71. The van der Waals surface area contributed by atoms with Crippen molar-refractivity contribution in [2.75, 3.05) is 24.3 Å². The topological polar surface area (TPSA) is 72.2 Å². The Morgan fingerprint density at radius 1 is 1.08 bits per heavy atom. The smallest absolute Gasteiger partial charge is 0.224 e. The van der Waals surface area contributed by atoms with E-state index < -0.39 is 0 Å². The summed E-state index contributed by atoms with van der Waals surface area (Å²) >= 11 is 0. The molecule has 0 aliphatic carbocycles. The van der Waals surface area contributed by atoms with Crippen molar-refractivity contribution in [3.05, 3.63) is 65.7 Å². The summed E-state index contributed by atoms with van der Waals surface area (Å²) in [5, 5.41) is 6.53. The van der Waals surface area contributed by atoms with Gasteiger partial charge in [-0.2, -0.15) is 4.98 Å². The van der Waals surface area contributed by atoms with E-state index in [9.17, 15) is 0 Å². The van der Waals surface area contributed by atoms with Gasteiger partial charge in [0.25, 0.3) is 0 Å². The lowest BCUT2D eigenvalue weighted by atomic mass is 10.1. The van der Waals surface area contributed by atoms with Gasteiger partial charge in [-0.3, -0.25) is 0 Å². The fraction of sp³-hybridized carbons (Fsp3) is 0.263. The van der Waals surface area contributed by atoms with E-state index in [0.717, 1.165) is 36.0 Å². The van der Waals surface area contributed by atoms with E-state index >= 15 is 0 Å². The Kier molecular flexibility index (Phi) is 5.51. The molecule has 0 aliphatic rings. The van der Waals surface area contributed by atoms with Gasteiger partial charge < -0.3 is 19.8 Å². The van der Waals surface area contributed by atoms with Crippen molar-refractivity contribution in [3.63, 3.8) is 0 Å². The third kappa shape index (κ3) is 4.97. The van der Waals surface area contributed by atoms with Crippen LogP contribution in [0, 0.1) is 6.92 Å². The molecule has 2 N–H and O–H groups in total. The zero-order valence-electron chi connectivity index (χ0n) is 14.5. The van der Waals surface area contributed by atoms with Crippen molar-refractivity contribution < 1.29 is 9.15 Å². The third-order valence-corrected chi connectivity index (χ3v) is 3.71. The van der Waals surface area contributed by atoms with E-state index in [1.807, 2.05) is 43.3 Å². The molecule has 0 unspecified atom stereocenters. The SMILES string of the molecule is COc1cccc(CCNc2nc(C)cc(NCc3ccco3)n2)c1. The number of hydrogen-bond donors (Lipinski definition) is 2. The molecule has 1 aromatic carbocycles. The molecule has 6 heteroatoms. The minimum atomic E-state index is 0.590. The molecule has 0 saturated carbocycles. The van der Waals surface area contributed by atoms with Crippen molar-refractivity contribution in [3.8, 4) is 5.75 Å². The minimum absolute atomic E-state index is 0.590. The first-order valence-corrected chi connectivity index (χ1v) is 8.21. The van der Waals surface area contributed by atoms with Crippen molar-refractivity contribution in [1.82, 2.24) is 9.97 Å². The van der Waals surface area contributed by atoms with Crippen LogP contribution >= 0.6 is 0 Å². The Labute approximate surface area is 147 Å². The zero-order valence-corrected chi connectivity index (χ0v) is 14.5. The monoisotopic (exact) mass is 338 g/mol. The number of rotatable bonds is 8. The largest absolute Gasteiger partial charge is 0.497 e. The highest BCUT2D eigenvalue weighted by Gasteiger charge is 2.04. The highest BCUT2D eigenvalue weighted by molar-refractivity contribution is 5.42. The number of furan rings is 1. The van der Waals surface area contributed by atoms with Crippen molar-refractivity contribution >= 4 is 11.8 Å². The first-order valence-electron chi connectivity index (χ1n) is 8.21. The molecule has 6 nitrogen and oxygen atoms in total. The molecule has 0 aliphatic heterocycles. The van der Waals surface area contributed by atoms with Crippen LogP contribution in [0.15, 0.2) is 53.1 Å². The summed E-state index contributed by atoms with van der Waals surface area (Å²) in [7, 11) is 1.68. The average Bonchev–Trinajstić information content (AvgIpc) is 3.13. The molecule has 0 spiro atoms. The predicted octanol–water partition coefficient (Wildman–Crippen LogP) is 3.65. The van der Waals surface area contributed by atoms with Crippen LogP contribution in [0.4, 0.5) is 11.8 Å². The normalized spacial score (nSPS) is 10.5. The lowest BCUT2D eigenvalue weighted by molar-refractivity contribution is 0.414. The number of benzene rings is 1. The molecule has 0 bridgehead atoms. The van der Waals surface area contributed by atoms with E-state index in [-0.39, 0.29) is 0 Å². The second-order valence-corrected chi connectivity index (χ2v) is 5.68. The fourth-order valence-electron chi connectivity index (χ4n) is 2.48. The molecule has 0 radical (unpaired) electrons. The summed E-state index contributed by atoms with van der Waals surface area (Å²) in [6.07, 6.45) is 2.53. The summed E-state index contributed by atoms with van der Waals surface area (Å²) in [4.78, 5) is 8.93. The predicted molar refractivity (Wildman–Crippen MR) is 98.0 cm³/mol. The van der Waals surface area contributed by atoms with E-state index in [0.29, 0.717) is 12.5 Å². The maximum atomic E-state index is 5.32. The van der Waals surface area contributed by atoms with Crippen LogP contribution in [0.3, 0.4) is 0 Å². The van der Waals surface area contributed by atoms with Crippen molar-refractivity contribution in [1.29, 1.82) is 0 Å². The van der Waals surface area contributed by atoms with Gasteiger partial charge in [-0.05, 0) is 43.2 Å². The molecule has 3 aromatic rings. The lowest BCUT2D eigenvalue weighted by Crippen LogP contribution is -2.10. The number of aryl methyl sites for hydroxylation is 1. The Bertz CT molecular complexity index is 803. The van der Waals surface area contributed by atoms with Gasteiger partial charge in [0.1, 0.15) is 17.3 Å². The van der Waals surface area contributed by atoms with Gasteiger partial charge in [0.2, 0.25) is 5.95 Å². The average molecular weight is 338 g/mol. The van der Waals surface area contributed by atoms with Crippen LogP contribution in [-0.2, 0) is 13.0 Å². The maximum Gasteiger partial charge on any atom is 0.224 e. The van der Waals surface area contributed by atoms with Gasteiger partial charge in [-0.1, -0.05) is 12.1 Å². The number of nitrogens with zero attached hydrogens (tertiary/aromatic N) is 2. The molecule has 2 heterocycles. The van der Waals surface area contributed by atoms with Crippen LogP contribution < -0.4 is 15.4 Å². The number of methoxy groups -OCH3 is 1. The highest BCUT2D eigenvalue weighted by Crippen LogP contribution is 2.14. The zero-order chi connectivity index (χ0) is 17.5. The Balaban J connectivity index is 1.56. The molecule has 3 rings (SSSR count). The van der Waals surface area contributed by atoms with E-state index in [2.05, 4.69) is 26.7 Å². The summed E-state index contributed by atoms with van der Waals surface area (Å²) < 4.78 is 10.6. The minimum Gasteiger partial charge on any atom is -0.497 e. The van der Waals surface area contributed by atoms with Gasteiger partial charge in [0.15, 0.2) is 0 Å². The van der Waals surface area contributed by atoms with E-state index in [1.54, 1.807) is 13.4 Å². The number of aromatic nitrogens is 2. The lowest BCUT2D eigenvalue weighted by Gasteiger charge is -2.10. The first kappa shape index (κ1) is 16.8. The van der Waals surface area contributed by atoms with Crippen LogP contribution in [-0.4, -0.2) is 23.6 Å². The molecule has 0 fully saturated rings. The first-order chi connectivity index (χ1) is 12.2. The quantitative estimate of drug-likeness (QED) is 0.653. The van der Waals surface area contributed by atoms with Gasteiger partial charge in [0, 0.05) is 18.3 Å². The standard InChI is InChI=1S/C19H22N4O2/c1-14-11-18(21-13-17-7-4-10-25-17)23-19(22-14)20-9-8-15-5-3-6-16(12-15)24-2/h3-7,10-12H,8-9,13H2,1-2H3,(H2,20,21,22,23). The molecule has 0 saturated heterocycles. The molecular weight excluding hydrogens is 316 g/mol. The number of hydrogen-bond acceptors (Lipinski definition) is 6. The molecule has 2 aromatic heterocycles. The van der Waals surface area contributed by atoms with Crippen LogP contribution in [0.1, 0.15) is 17.0 Å². The summed E-state index contributed by atoms with van der Waals surface area (Å²) in [6.45, 7) is 3.29. The number of ether oxygens (including phenoxy) is 1. The maximum absolute atomic E-state index is 5.32. The summed E-state index contributed by atoms with van der Waals surface area (Å²) in [5.41, 5.74) is 2.11. The van der Waals surface area contributed by atoms with Gasteiger partial charge in [-0.15, -0.1) is 0 Å². The Hall–Kier alpha value is -3.02. The van der Waals surface area contributed by atoms with E-state index in [4.69, 9.17) is 9.15 Å². The number of anilines is 2. The van der Waals surface area contributed by atoms with Gasteiger partial charge in [0.05, 0.1) is 19.9 Å². The summed E-state index contributed by atoms with van der Waals surface area (Å²) in [6, 6.07) is 13.8. The molecule has 25 heavy (non-hydrogen) atoms. The molecule has 0 amide bonds. The van der Waals surface area contributed by atoms with Crippen LogP contribution in [0.2, 0.25) is 0 Å².